The monoisotopic (exact) mass is 446 g/mol. The Bertz CT molecular complexity index is 1230. The molecule has 0 fully saturated rings. The number of esters is 2. The average molecular weight is 446 g/mol. The Morgan fingerprint density at radius 3 is 1.97 bits per heavy atom. The van der Waals surface area contributed by atoms with Crippen LogP contribution in [0, 0.1) is 0 Å². The maximum Gasteiger partial charge on any atom is 0.308 e. The van der Waals surface area contributed by atoms with Crippen LogP contribution in [-0.4, -0.2) is 17.0 Å². The fourth-order valence-electron chi connectivity index (χ4n) is 4.53. The van der Waals surface area contributed by atoms with Gasteiger partial charge in [-0.05, 0) is 36.2 Å². The zero-order valence-corrected chi connectivity index (χ0v) is 18.4. The van der Waals surface area contributed by atoms with Gasteiger partial charge in [-0.2, -0.15) is 0 Å². The van der Waals surface area contributed by atoms with Gasteiger partial charge in [-0.15, -0.1) is 0 Å². The lowest BCUT2D eigenvalue weighted by atomic mass is 9.77. The summed E-state index contributed by atoms with van der Waals surface area (Å²) in [6.45, 7) is 4.70. The van der Waals surface area contributed by atoms with Crippen LogP contribution in [0.1, 0.15) is 54.9 Å². The van der Waals surface area contributed by atoms with Gasteiger partial charge in [0.2, 0.25) is 0 Å². The van der Waals surface area contributed by atoms with Crippen LogP contribution < -0.4 is 14.2 Å². The molecular weight excluding hydrogens is 424 g/mol. The molecule has 3 aromatic carbocycles. The number of ether oxygens (including phenoxy) is 4. The summed E-state index contributed by atoms with van der Waals surface area (Å²) in [5, 5.41) is 10.9. The molecule has 0 bridgehead atoms. The first kappa shape index (κ1) is 21.2. The molecular formula is C26H22O7. The van der Waals surface area contributed by atoms with E-state index in [0.29, 0.717) is 39.7 Å². The molecule has 0 amide bonds. The van der Waals surface area contributed by atoms with E-state index in [1.165, 1.54) is 13.8 Å². The van der Waals surface area contributed by atoms with Gasteiger partial charge in [-0.25, -0.2) is 0 Å². The predicted octanol–water partition coefficient (Wildman–Crippen LogP) is 4.52. The first-order valence-corrected chi connectivity index (χ1v) is 10.6. The molecule has 7 nitrogen and oxygen atoms in total. The van der Waals surface area contributed by atoms with E-state index < -0.39 is 23.8 Å². The van der Waals surface area contributed by atoms with Gasteiger partial charge in [0.05, 0.1) is 0 Å². The van der Waals surface area contributed by atoms with Crippen LogP contribution in [-0.2, 0) is 26.3 Å². The molecule has 5 rings (SSSR count). The van der Waals surface area contributed by atoms with Crippen molar-refractivity contribution in [1.82, 2.24) is 0 Å². The summed E-state index contributed by atoms with van der Waals surface area (Å²) in [7, 11) is 0. The Morgan fingerprint density at radius 1 is 0.879 bits per heavy atom. The Kier molecular flexibility index (Phi) is 4.96. The van der Waals surface area contributed by atoms with Crippen molar-refractivity contribution in [3.8, 4) is 23.0 Å². The number of fused-ring (bicyclic) bond motifs is 6. The number of aryl methyl sites for hydroxylation is 1. The first-order valence-electron chi connectivity index (χ1n) is 10.6. The Balaban J connectivity index is 1.77. The molecule has 168 valence electrons. The number of carbonyl (C=O) groups is 2. The number of rotatable bonds is 3. The minimum absolute atomic E-state index is 0.317. The van der Waals surface area contributed by atoms with E-state index in [1.54, 1.807) is 36.4 Å². The molecule has 1 unspecified atom stereocenters. The van der Waals surface area contributed by atoms with Crippen LogP contribution in [0.2, 0.25) is 0 Å². The van der Waals surface area contributed by atoms with Crippen LogP contribution in [0.3, 0.4) is 0 Å². The van der Waals surface area contributed by atoms with Crippen molar-refractivity contribution < 1.29 is 33.6 Å². The molecule has 0 saturated heterocycles. The van der Waals surface area contributed by atoms with Crippen LogP contribution in [0.5, 0.6) is 23.0 Å². The summed E-state index contributed by atoms with van der Waals surface area (Å²) in [5.74, 6) is 0.535. The smallest absolute Gasteiger partial charge is 0.308 e. The van der Waals surface area contributed by atoms with Gasteiger partial charge in [-0.3, -0.25) is 9.59 Å². The van der Waals surface area contributed by atoms with E-state index in [2.05, 4.69) is 6.92 Å². The molecule has 3 aromatic rings. The van der Waals surface area contributed by atoms with Crippen molar-refractivity contribution in [2.75, 3.05) is 0 Å². The van der Waals surface area contributed by atoms with Gasteiger partial charge >= 0.3 is 11.9 Å². The summed E-state index contributed by atoms with van der Waals surface area (Å²) >= 11 is 0. The molecule has 2 aliphatic rings. The standard InChI is InChI=1S/C26H22O7/c1-4-16-5-8-19-22(11-16)26(33-25(19)29)20-9-6-17(30-14(2)27)12-23(20)32-24-13-18(31-15(3)28)7-10-21(24)26/h5-13,25,29H,4H2,1-3H3. The number of hydrogen-bond donors (Lipinski definition) is 1. The van der Waals surface area contributed by atoms with Crippen LogP contribution in [0.25, 0.3) is 0 Å². The highest BCUT2D eigenvalue weighted by Gasteiger charge is 2.52. The Hall–Kier alpha value is -3.68. The fraction of sp³-hybridized carbons (Fsp3) is 0.231. The van der Waals surface area contributed by atoms with Crippen molar-refractivity contribution in [2.24, 2.45) is 0 Å². The quantitative estimate of drug-likeness (QED) is 0.467. The molecule has 0 aliphatic carbocycles. The van der Waals surface area contributed by atoms with E-state index in [0.717, 1.165) is 17.5 Å². The third-order valence-electron chi connectivity index (χ3n) is 5.87. The van der Waals surface area contributed by atoms with Crippen molar-refractivity contribution in [3.05, 3.63) is 82.4 Å². The van der Waals surface area contributed by atoms with Crippen molar-refractivity contribution in [3.63, 3.8) is 0 Å². The SMILES string of the molecule is CCc1ccc2c(c1)C1(OC2O)c2ccc(OC(C)=O)cc2Oc2cc(OC(C)=O)ccc21. The van der Waals surface area contributed by atoms with Crippen LogP contribution >= 0.6 is 0 Å². The number of hydrogen-bond acceptors (Lipinski definition) is 7. The molecule has 0 saturated carbocycles. The van der Waals surface area contributed by atoms with Gasteiger partial charge in [0, 0.05) is 48.2 Å². The van der Waals surface area contributed by atoms with Gasteiger partial charge in [0.25, 0.3) is 0 Å². The van der Waals surface area contributed by atoms with E-state index in [4.69, 9.17) is 18.9 Å². The summed E-state index contributed by atoms with van der Waals surface area (Å²) in [5.41, 5.74) is 2.73. The van der Waals surface area contributed by atoms with Crippen LogP contribution in [0.15, 0.2) is 54.6 Å². The van der Waals surface area contributed by atoms with Gasteiger partial charge in [0.1, 0.15) is 23.0 Å². The maximum atomic E-state index is 11.5. The molecule has 1 atom stereocenters. The lowest BCUT2D eigenvalue weighted by Crippen LogP contribution is -2.32. The number of aliphatic hydroxyl groups is 1. The number of carbonyl (C=O) groups excluding carboxylic acids is 2. The van der Waals surface area contributed by atoms with E-state index in [9.17, 15) is 14.7 Å². The highest BCUT2D eigenvalue weighted by atomic mass is 16.6. The third-order valence-corrected chi connectivity index (χ3v) is 5.87. The zero-order valence-electron chi connectivity index (χ0n) is 18.4. The Morgan fingerprint density at radius 2 is 1.45 bits per heavy atom. The molecule has 33 heavy (non-hydrogen) atoms. The maximum absolute atomic E-state index is 11.5. The van der Waals surface area contributed by atoms with Gasteiger partial charge < -0.3 is 24.1 Å². The highest BCUT2D eigenvalue weighted by Crippen LogP contribution is 2.59. The van der Waals surface area contributed by atoms with Crippen LogP contribution in [0.4, 0.5) is 0 Å². The highest BCUT2D eigenvalue weighted by molar-refractivity contribution is 5.72. The molecule has 1 spiro atoms. The molecule has 0 aromatic heterocycles. The van der Waals surface area contributed by atoms with Crippen molar-refractivity contribution in [1.29, 1.82) is 0 Å². The summed E-state index contributed by atoms with van der Waals surface area (Å²) < 4.78 is 23.0. The molecule has 2 aliphatic heterocycles. The number of aliphatic hydroxyl groups excluding tert-OH is 1. The minimum Gasteiger partial charge on any atom is -0.456 e. The van der Waals surface area contributed by atoms with E-state index >= 15 is 0 Å². The summed E-state index contributed by atoms with van der Waals surface area (Å²) in [4.78, 5) is 23.0. The average Bonchev–Trinajstić information content (AvgIpc) is 3.05. The van der Waals surface area contributed by atoms with Crippen molar-refractivity contribution in [2.45, 2.75) is 39.1 Å². The summed E-state index contributed by atoms with van der Waals surface area (Å²) in [6, 6.07) is 16.0. The Labute approximate surface area is 190 Å². The molecule has 1 N–H and O–H groups in total. The van der Waals surface area contributed by atoms with Crippen molar-refractivity contribution >= 4 is 11.9 Å². The van der Waals surface area contributed by atoms with E-state index in [-0.39, 0.29) is 0 Å². The topological polar surface area (TPSA) is 91.3 Å². The second-order valence-corrected chi connectivity index (χ2v) is 8.03. The zero-order chi connectivity index (χ0) is 23.3. The van der Waals surface area contributed by atoms with Gasteiger partial charge in [0.15, 0.2) is 11.9 Å². The predicted molar refractivity (Wildman–Crippen MR) is 117 cm³/mol. The lowest BCUT2D eigenvalue weighted by Gasteiger charge is -2.37. The van der Waals surface area contributed by atoms with E-state index in [1.807, 2.05) is 18.2 Å². The lowest BCUT2D eigenvalue weighted by molar-refractivity contribution is -0.142. The largest absolute Gasteiger partial charge is 0.456 e. The minimum atomic E-state index is -1.16. The summed E-state index contributed by atoms with van der Waals surface area (Å²) in [6.07, 6.45) is -0.335. The molecule has 0 radical (unpaired) electrons. The first-order chi connectivity index (χ1) is 15.8. The normalized spacial score (nSPS) is 16.9. The molecule has 7 heteroatoms. The second-order valence-electron chi connectivity index (χ2n) is 8.03. The second kappa shape index (κ2) is 7.72. The molecule has 2 heterocycles. The number of benzene rings is 3. The van der Waals surface area contributed by atoms with Gasteiger partial charge in [-0.1, -0.05) is 25.1 Å². The third kappa shape index (κ3) is 3.37. The fourth-order valence-corrected chi connectivity index (χ4v) is 4.53.